The molecular weight excluding hydrogens is 268 g/mol. The smallest absolute Gasteiger partial charge is 0.253 e. The van der Waals surface area contributed by atoms with Crippen LogP contribution in [0.3, 0.4) is 0 Å². The van der Waals surface area contributed by atoms with Crippen LogP contribution in [0, 0.1) is 11.8 Å². The molecule has 2 unspecified atom stereocenters. The monoisotopic (exact) mass is 288 g/mol. The summed E-state index contributed by atoms with van der Waals surface area (Å²) in [6.45, 7) is 2.26. The van der Waals surface area contributed by atoms with Crippen LogP contribution in [-0.2, 0) is 9.53 Å². The molecule has 1 amide bonds. The van der Waals surface area contributed by atoms with Gasteiger partial charge in [-0.1, -0.05) is 11.8 Å². The first-order valence-electron chi connectivity index (χ1n) is 6.97. The van der Waals surface area contributed by atoms with Crippen molar-refractivity contribution in [2.24, 2.45) is 5.73 Å². The van der Waals surface area contributed by atoms with Gasteiger partial charge in [-0.25, -0.2) is 0 Å². The summed E-state index contributed by atoms with van der Waals surface area (Å²) in [5, 5.41) is 2.85. The van der Waals surface area contributed by atoms with Crippen LogP contribution < -0.4 is 15.8 Å². The Morgan fingerprint density at radius 1 is 1.52 bits per heavy atom. The maximum absolute atomic E-state index is 12.2. The van der Waals surface area contributed by atoms with E-state index in [1.807, 2.05) is 13.0 Å². The standard InChI is InChI=1S/C16H20N2O3/c1-11-5-7-15(21-11)16(19)18-13-10-12(4-3-9-17)6-8-14(13)20-2/h6,8,10-11,15H,5,7,9,17H2,1-2H3,(H,18,19). The minimum Gasteiger partial charge on any atom is -0.495 e. The second-order valence-corrected chi connectivity index (χ2v) is 4.92. The highest BCUT2D eigenvalue weighted by Gasteiger charge is 2.28. The number of methoxy groups -OCH3 is 1. The van der Waals surface area contributed by atoms with Crippen LogP contribution >= 0.6 is 0 Å². The summed E-state index contributed by atoms with van der Waals surface area (Å²) in [6.07, 6.45) is 1.37. The minimum atomic E-state index is -0.400. The summed E-state index contributed by atoms with van der Waals surface area (Å²) in [5.41, 5.74) is 6.73. The molecule has 0 bridgehead atoms. The van der Waals surface area contributed by atoms with E-state index in [9.17, 15) is 4.79 Å². The highest BCUT2D eigenvalue weighted by Crippen LogP contribution is 2.27. The maximum Gasteiger partial charge on any atom is 0.253 e. The van der Waals surface area contributed by atoms with E-state index < -0.39 is 6.10 Å². The predicted molar refractivity (Wildman–Crippen MR) is 81.1 cm³/mol. The van der Waals surface area contributed by atoms with E-state index >= 15 is 0 Å². The fraction of sp³-hybridized carbons (Fsp3) is 0.438. The fourth-order valence-electron chi connectivity index (χ4n) is 2.25. The van der Waals surface area contributed by atoms with Gasteiger partial charge in [0, 0.05) is 5.56 Å². The van der Waals surface area contributed by atoms with Crippen molar-refractivity contribution in [3.63, 3.8) is 0 Å². The molecule has 0 radical (unpaired) electrons. The Hall–Kier alpha value is -2.03. The third-order valence-electron chi connectivity index (χ3n) is 3.32. The van der Waals surface area contributed by atoms with Gasteiger partial charge < -0.3 is 20.5 Å². The summed E-state index contributed by atoms with van der Waals surface area (Å²) < 4.78 is 10.8. The van der Waals surface area contributed by atoms with Crippen LogP contribution in [0.4, 0.5) is 5.69 Å². The van der Waals surface area contributed by atoms with Gasteiger partial charge in [-0.15, -0.1) is 0 Å². The van der Waals surface area contributed by atoms with Gasteiger partial charge in [0.2, 0.25) is 0 Å². The van der Waals surface area contributed by atoms with Gasteiger partial charge >= 0.3 is 0 Å². The molecule has 1 fully saturated rings. The molecule has 0 spiro atoms. The fourth-order valence-corrected chi connectivity index (χ4v) is 2.25. The summed E-state index contributed by atoms with van der Waals surface area (Å²) in [7, 11) is 1.56. The van der Waals surface area contributed by atoms with Crippen molar-refractivity contribution < 1.29 is 14.3 Å². The van der Waals surface area contributed by atoms with Crippen molar-refractivity contribution in [3.8, 4) is 17.6 Å². The maximum atomic E-state index is 12.2. The van der Waals surface area contributed by atoms with Crippen molar-refractivity contribution in [3.05, 3.63) is 23.8 Å². The Bertz CT molecular complexity index is 575. The average Bonchev–Trinajstić information content (AvgIpc) is 2.92. The first-order chi connectivity index (χ1) is 10.1. The first kappa shape index (κ1) is 15.4. The first-order valence-corrected chi connectivity index (χ1v) is 6.97. The number of carbonyl (C=O) groups excluding carboxylic acids is 1. The lowest BCUT2D eigenvalue weighted by Crippen LogP contribution is -2.27. The lowest BCUT2D eigenvalue weighted by Gasteiger charge is -2.14. The highest BCUT2D eigenvalue weighted by atomic mass is 16.5. The average molecular weight is 288 g/mol. The van der Waals surface area contributed by atoms with E-state index in [0.29, 0.717) is 18.0 Å². The second kappa shape index (κ2) is 7.11. The third-order valence-corrected chi connectivity index (χ3v) is 3.32. The SMILES string of the molecule is COc1ccc(C#CCN)cc1NC(=O)C1CCC(C)O1. The van der Waals surface area contributed by atoms with Crippen LogP contribution in [0.5, 0.6) is 5.75 Å². The Morgan fingerprint density at radius 2 is 2.33 bits per heavy atom. The Morgan fingerprint density at radius 3 is 2.95 bits per heavy atom. The molecule has 5 nitrogen and oxygen atoms in total. The molecule has 1 aliphatic rings. The Balaban J connectivity index is 2.15. The summed E-state index contributed by atoms with van der Waals surface area (Å²) in [4.78, 5) is 12.2. The van der Waals surface area contributed by atoms with Crippen molar-refractivity contribution in [2.45, 2.75) is 32.0 Å². The number of amides is 1. The van der Waals surface area contributed by atoms with Gasteiger partial charge in [-0.05, 0) is 38.0 Å². The van der Waals surface area contributed by atoms with Gasteiger partial charge in [-0.2, -0.15) is 0 Å². The van der Waals surface area contributed by atoms with Crippen LogP contribution in [0.25, 0.3) is 0 Å². The molecule has 2 rings (SSSR count). The van der Waals surface area contributed by atoms with Crippen molar-refractivity contribution >= 4 is 11.6 Å². The highest BCUT2D eigenvalue weighted by molar-refractivity contribution is 5.95. The molecule has 21 heavy (non-hydrogen) atoms. The second-order valence-electron chi connectivity index (χ2n) is 4.92. The number of hydrogen-bond acceptors (Lipinski definition) is 4. The van der Waals surface area contributed by atoms with Crippen molar-refractivity contribution in [1.82, 2.24) is 0 Å². The number of anilines is 1. The van der Waals surface area contributed by atoms with Gasteiger partial charge in [-0.3, -0.25) is 4.79 Å². The lowest BCUT2D eigenvalue weighted by atomic mass is 10.1. The Labute approximate surface area is 124 Å². The van der Waals surface area contributed by atoms with Crippen LogP contribution in [0.15, 0.2) is 18.2 Å². The Kier molecular flexibility index (Phi) is 5.20. The third kappa shape index (κ3) is 3.97. The molecule has 5 heteroatoms. The molecule has 1 aromatic rings. The van der Waals surface area contributed by atoms with E-state index in [4.69, 9.17) is 15.2 Å². The zero-order valence-corrected chi connectivity index (χ0v) is 12.3. The molecule has 2 atom stereocenters. The zero-order valence-electron chi connectivity index (χ0n) is 12.3. The number of hydrogen-bond donors (Lipinski definition) is 2. The summed E-state index contributed by atoms with van der Waals surface area (Å²) in [5.74, 6) is 6.15. The summed E-state index contributed by atoms with van der Waals surface area (Å²) >= 11 is 0. The summed E-state index contributed by atoms with van der Waals surface area (Å²) in [6, 6.07) is 5.37. The van der Waals surface area contributed by atoms with E-state index in [-0.39, 0.29) is 12.0 Å². The number of nitrogens with two attached hydrogens (primary N) is 1. The van der Waals surface area contributed by atoms with E-state index in [1.54, 1.807) is 19.2 Å². The lowest BCUT2D eigenvalue weighted by molar-refractivity contribution is -0.126. The van der Waals surface area contributed by atoms with Crippen LogP contribution in [-0.4, -0.2) is 31.8 Å². The normalized spacial score (nSPS) is 20.5. The van der Waals surface area contributed by atoms with Gasteiger partial charge in [0.15, 0.2) is 0 Å². The molecule has 1 saturated heterocycles. The van der Waals surface area contributed by atoms with Crippen molar-refractivity contribution in [1.29, 1.82) is 0 Å². The molecule has 0 saturated carbocycles. The van der Waals surface area contributed by atoms with Crippen molar-refractivity contribution in [2.75, 3.05) is 19.0 Å². The van der Waals surface area contributed by atoms with E-state index in [1.165, 1.54) is 0 Å². The molecule has 1 aromatic carbocycles. The van der Waals surface area contributed by atoms with Gasteiger partial charge in [0.05, 0.1) is 25.4 Å². The molecular formula is C16H20N2O3. The largest absolute Gasteiger partial charge is 0.495 e. The number of benzene rings is 1. The molecule has 0 aliphatic carbocycles. The zero-order chi connectivity index (χ0) is 15.2. The number of rotatable bonds is 3. The number of carbonyl (C=O) groups is 1. The topological polar surface area (TPSA) is 73.6 Å². The van der Waals surface area contributed by atoms with Gasteiger partial charge in [0.25, 0.3) is 5.91 Å². The molecule has 0 aromatic heterocycles. The minimum absolute atomic E-state index is 0.129. The van der Waals surface area contributed by atoms with Crippen LogP contribution in [0.2, 0.25) is 0 Å². The molecule has 1 aliphatic heterocycles. The van der Waals surface area contributed by atoms with Gasteiger partial charge in [0.1, 0.15) is 11.9 Å². The number of nitrogens with one attached hydrogen (secondary N) is 1. The molecule has 3 N–H and O–H groups in total. The van der Waals surface area contributed by atoms with Crippen LogP contribution in [0.1, 0.15) is 25.3 Å². The number of ether oxygens (including phenoxy) is 2. The molecule has 112 valence electrons. The quantitative estimate of drug-likeness (QED) is 0.827. The van der Waals surface area contributed by atoms with E-state index in [2.05, 4.69) is 17.2 Å². The predicted octanol–water partition coefficient (Wildman–Crippen LogP) is 1.51. The van der Waals surface area contributed by atoms with E-state index in [0.717, 1.165) is 18.4 Å². The molecule has 1 heterocycles.